The van der Waals surface area contributed by atoms with Crippen LogP contribution in [0.25, 0.3) is 0 Å². The molecular formula is C11H9FN2O2S2. The average Bonchev–Trinajstić information content (AvgIpc) is 2.32. The molecule has 2 N–H and O–H groups in total. The van der Waals surface area contributed by atoms with E-state index in [9.17, 15) is 12.8 Å². The summed E-state index contributed by atoms with van der Waals surface area (Å²) in [5.41, 5.74) is 0. The number of pyridine rings is 1. The SMILES string of the molecule is NS(=O)(=O)c1ccc(Sc2ccc(F)cc2)nc1. The van der Waals surface area contributed by atoms with Gasteiger partial charge in [0.15, 0.2) is 0 Å². The molecule has 2 aromatic rings. The van der Waals surface area contributed by atoms with Crippen LogP contribution in [-0.4, -0.2) is 13.4 Å². The molecule has 4 nitrogen and oxygen atoms in total. The van der Waals surface area contributed by atoms with Gasteiger partial charge in [-0.25, -0.2) is 22.9 Å². The van der Waals surface area contributed by atoms with Crippen LogP contribution in [0.2, 0.25) is 0 Å². The van der Waals surface area contributed by atoms with Crippen LogP contribution in [0, 0.1) is 5.82 Å². The molecule has 1 heterocycles. The standard InChI is InChI=1S/C11H9FN2O2S2/c12-8-1-3-9(4-2-8)17-11-6-5-10(7-14-11)18(13,15)16/h1-7H,(H2,13,15,16). The monoisotopic (exact) mass is 284 g/mol. The fourth-order valence-electron chi connectivity index (χ4n) is 1.22. The Bertz CT molecular complexity index is 640. The molecule has 0 fully saturated rings. The number of rotatable bonds is 3. The van der Waals surface area contributed by atoms with Crippen molar-refractivity contribution in [2.75, 3.05) is 0 Å². The van der Waals surface area contributed by atoms with Crippen LogP contribution >= 0.6 is 11.8 Å². The zero-order valence-electron chi connectivity index (χ0n) is 9.08. The van der Waals surface area contributed by atoms with Gasteiger partial charge in [0.05, 0.1) is 0 Å². The summed E-state index contributed by atoms with van der Waals surface area (Å²) in [6.45, 7) is 0. The Balaban J connectivity index is 2.18. The maximum atomic E-state index is 12.7. The van der Waals surface area contributed by atoms with E-state index in [-0.39, 0.29) is 10.7 Å². The van der Waals surface area contributed by atoms with E-state index in [1.165, 1.54) is 36.2 Å². The van der Waals surface area contributed by atoms with Crippen molar-refractivity contribution in [3.05, 3.63) is 48.4 Å². The third kappa shape index (κ3) is 3.28. The number of hydrogen-bond acceptors (Lipinski definition) is 4. The Labute approximate surface area is 108 Å². The smallest absolute Gasteiger partial charge is 0.239 e. The van der Waals surface area contributed by atoms with Crippen molar-refractivity contribution in [1.29, 1.82) is 0 Å². The highest BCUT2D eigenvalue weighted by molar-refractivity contribution is 7.99. The molecule has 2 rings (SSSR count). The summed E-state index contributed by atoms with van der Waals surface area (Å²) in [4.78, 5) is 4.75. The van der Waals surface area contributed by atoms with E-state index in [0.29, 0.717) is 5.03 Å². The van der Waals surface area contributed by atoms with Crippen LogP contribution in [0.4, 0.5) is 4.39 Å². The zero-order chi connectivity index (χ0) is 13.2. The molecule has 0 radical (unpaired) electrons. The predicted octanol–water partition coefficient (Wildman–Crippen LogP) is 2.02. The van der Waals surface area contributed by atoms with Crippen molar-refractivity contribution in [3.63, 3.8) is 0 Å². The number of benzene rings is 1. The average molecular weight is 284 g/mol. The van der Waals surface area contributed by atoms with Gasteiger partial charge in [0.25, 0.3) is 0 Å². The Hall–Kier alpha value is -1.44. The van der Waals surface area contributed by atoms with Gasteiger partial charge in [-0.3, -0.25) is 0 Å². The lowest BCUT2D eigenvalue weighted by Gasteiger charge is -2.02. The first-order valence-corrected chi connectivity index (χ1v) is 7.24. The molecule has 18 heavy (non-hydrogen) atoms. The van der Waals surface area contributed by atoms with E-state index in [1.54, 1.807) is 18.2 Å². The van der Waals surface area contributed by atoms with Gasteiger partial charge in [-0.1, -0.05) is 11.8 Å². The summed E-state index contributed by atoms with van der Waals surface area (Å²) < 4.78 is 34.8. The van der Waals surface area contributed by atoms with E-state index >= 15 is 0 Å². The lowest BCUT2D eigenvalue weighted by atomic mass is 10.4. The molecule has 1 aromatic carbocycles. The lowest BCUT2D eigenvalue weighted by molar-refractivity contribution is 0.597. The van der Waals surface area contributed by atoms with Crippen LogP contribution in [0.5, 0.6) is 0 Å². The maximum absolute atomic E-state index is 12.7. The highest BCUT2D eigenvalue weighted by atomic mass is 32.2. The molecule has 0 saturated carbocycles. The molecule has 0 atom stereocenters. The Morgan fingerprint density at radius 1 is 1.11 bits per heavy atom. The summed E-state index contributed by atoms with van der Waals surface area (Å²) >= 11 is 1.30. The number of hydrogen-bond donors (Lipinski definition) is 1. The first kappa shape index (κ1) is 13.0. The molecule has 0 unspecified atom stereocenters. The minimum Gasteiger partial charge on any atom is -0.248 e. The number of halogens is 1. The topological polar surface area (TPSA) is 73.1 Å². The molecule has 0 spiro atoms. The molecule has 0 bridgehead atoms. The number of aromatic nitrogens is 1. The van der Waals surface area contributed by atoms with E-state index in [0.717, 1.165) is 4.90 Å². The zero-order valence-corrected chi connectivity index (χ0v) is 10.7. The Morgan fingerprint density at radius 2 is 1.78 bits per heavy atom. The highest BCUT2D eigenvalue weighted by Gasteiger charge is 2.08. The molecule has 0 aliphatic heterocycles. The number of nitrogens with two attached hydrogens (primary N) is 1. The van der Waals surface area contributed by atoms with Gasteiger partial charge >= 0.3 is 0 Å². The van der Waals surface area contributed by atoms with Crippen molar-refractivity contribution in [2.24, 2.45) is 5.14 Å². The minimum absolute atomic E-state index is 0.0362. The van der Waals surface area contributed by atoms with Gasteiger partial charge in [-0.2, -0.15) is 0 Å². The van der Waals surface area contributed by atoms with Gasteiger partial charge in [0.2, 0.25) is 10.0 Å². The summed E-state index contributed by atoms with van der Waals surface area (Å²) in [6.07, 6.45) is 1.20. The second kappa shape index (κ2) is 5.05. The second-order valence-corrected chi connectivity index (χ2v) is 6.09. The molecule has 0 aliphatic carbocycles. The van der Waals surface area contributed by atoms with Crippen LogP contribution in [0.3, 0.4) is 0 Å². The highest BCUT2D eigenvalue weighted by Crippen LogP contribution is 2.26. The van der Waals surface area contributed by atoms with Crippen LogP contribution < -0.4 is 5.14 Å². The molecule has 94 valence electrons. The fraction of sp³-hybridized carbons (Fsp3) is 0. The van der Waals surface area contributed by atoms with Gasteiger partial charge in [0, 0.05) is 11.1 Å². The lowest BCUT2D eigenvalue weighted by Crippen LogP contribution is -2.12. The van der Waals surface area contributed by atoms with Gasteiger partial charge in [-0.15, -0.1) is 0 Å². The van der Waals surface area contributed by atoms with E-state index < -0.39 is 10.0 Å². The quantitative estimate of drug-likeness (QED) is 0.935. The van der Waals surface area contributed by atoms with Crippen LogP contribution in [-0.2, 0) is 10.0 Å². The van der Waals surface area contributed by atoms with Crippen LogP contribution in [0.1, 0.15) is 0 Å². The normalized spacial score (nSPS) is 11.4. The number of nitrogens with zero attached hydrogens (tertiary/aromatic N) is 1. The van der Waals surface area contributed by atoms with E-state index in [4.69, 9.17) is 5.14 Å². The number of primary sulfonamides is 1. The Morgan fingerprint density at radius 3 is 2.28 bits per heavy atom. The fourth-order valence-corrected chi connectivity index (χ4v) is 2.43. The predicted molar refractivity (Wildman–Crippen MR) is 66.1 cm³/mol. The molecule has 0 aliphatic rings. The third-order valence-electron chi connectivity index (χ3n) is 2.07. The second-order valence-electron chi connectivity index (χ2n) is 3.43. The first-order valence-electron chi connectivity index (χ1n) is 4.87. The summed E-state index contributed by atoms with van der Waals surface area (Å²) in [7, 11) is -3.72. The van der Waals surface area contributed by atoms with E-state index in [2.05, 4.69) is 4.98 Å². The minimum atomic E-state index is -3.72. The van der Waals surface area contributed by atoms with Gasteiger partial charge in [-0.05, 0) is 36.4 Å². The first-order chi connectivity index (χ1) is 8.45. The van der Waals surface area contributed by atoms with Crippen molar-refractivity contribution in [2.45, 2.75) is 14.8 Å². The Kier molecular flexibility index (Phi) is 3.65. The van der Waals surface area contributed by atoms with Crippen molar-refractivity contribution < 1.29 is 12.8 Å². The maximum Gasteiger partial charge on any atom is 0.239 e. The largest absolute Gasteiger partial charge is 0.248 e. The van der Waals surface area contributed by atoms with Crippen molar-refractivity contribution in [3.8, 4) is 0 Å². The van der Waals surface area contributed by atoms with Crippen LogP contribution in [0.15, 0.2) is 57.4 Å². The number of sulfonamides is 1. The molecule has 0 saturated heterocycles. The van der Waals surface area contributed by atoms with Crippen molar-refractivity contribution >= 4 is 21.8 Å². The molecular weight excluding hydrogens is 275 g/mol. The molecule has 1 aromatic heterocycles. The summed E-state index contributed by atoms with van der Waals surface area (Å²) in [6, 6.07) is 8.87. The third-order valence-corrected chi connectivity index (χ3v) is 3.93. The molecule has 0 amide bonds. The van der Waals surface area contributed by atoms with Crippen molar-refractivity contribution in [1.82, 2.24) is 4.98 Å². The summed E-state index contributed by atoms with van der Waals surface area (Å²) in [5, 5.41) is 5.57. The van der Waals surface area contributed by atoms with Gasteiger partial charge in [0.1, 0.15) is 15.7 Å². The van der Waals surface area contributed by atoms with Gasteiger partial charge < -0.3 is 0 Å². The molecule has 7 heteroatoms. The summed E-state index contributed by atoms with van der Waals surface area (Å²) in [5.74, 6) is -0.308. The van der Waals surface area contributed by atoms with E-state index in [1.807, 2.05) is 0 Å².